The first-order chi connectivity index (χ1) is 8.11. The van der Waals surface area contributed by atoms with Crippen LogP contribution in [0.5, 0.6) is 0 Å². The summed E-state index contributed by atoms with van der Waals surface area (Å²) in [6.07, 6.45) is 0.417. The first kappa shape index (κ1) is 10.8. The molecular formula is C13H6BrF3. The van der Waals surface area contributed by atoms with E-state index in [-0.39, 0.29) is 10.0 Å². The van der Waals surface area contributed by atoms with Crippen molar-refractivity contribution < 1.29 is 13.2 Å². The monoisotopic (exact) mass is 298 g/mol. The Labute approximate surface area is 104 Å². The summed E-state index contributed by atoms with van der Waals surface area (Å²) in [5.41, 5.74) is 2.17. The Morgan fingerprint density at radius 1 is 0.941 bits per heavy atom. The molecule has 86 valence electrons. The molecule has 4 heteroatoms. The molecule has 0 aliphatic heterocycles. The smallest absolute Gasteiger partial charge is 0.196 e. The molecule has 1 aliphatic rings. The molecule has 0 nitrogen and oxygen atoms in total. The second-order valence-corrected chi connectivity index (χ2v) is 4.74. The third-order valence-corrected chi connectivity index (χ3v) is 3.84. The van der Waals surface area contributed by atoms with Crippen LogP contribution in [0.4, 0.5) is 13.2 Å². The molecular weight excluding hydrogens is 293 g/mol. The van der Waals surface area contributed by atoms with E-state index >= 15 is 0 Å². The summed E-state index contributed by atoms with van der Waals surface area (Å²) in [5.74, 6) is -3.69. The molecule has 0 heterocycles. The highest BCUT2D eigenvalue weighted by Crippen LogP contribution is 2.43. The molecule has 0 atom stereocenters. The number of benzene rings is 2. The average molecular weight is 299 g/mol. The molecule has 0 aromatic heterocycles. The molecule has 17 heavy (non-hydrogen) atoms. The highest BCUT2D eigenvalue weighted by atomic mass is 79.9. The maximum Gasteiger partial charge on any atom is 0.196 e. The fourth-order valence-corrected chi connectivity index (χ4v) is 2.75. The second kappa shape index (κ2) is 3.60. The fraction of sp³-hybridized carbons (Fsp3) is 0.0769. The molecule has 2 aromatic rings. The van der Waals surface area contributed by atoms with Crippen molar-refractivity contribution in [1.29, 1.82) is 0 Å². The summed E-state index contributed by atoms with van der Waals surface area (Å²) in [5, 5.41) is 0. The van der Waals surface area contributed by atoms with Crippen LogP contribution in [0.3, 0.4) is 0 Å². The van der Waals surface area contributed by atoms with Crippen LogP contribution >= 0.6 is 15.9 Å². The number of rotatable bonds is 0. The molecule has 3 rings (SSSR count). The van der Waals surface area contributed by atoms with Gasteiger partial charge in [-0.05, 0) is 39.0 Å². The zero-order chi connectivity index (χ0) is 12.2. The first-order valence-corrected chi connectivity index (χ1v) is 5.83. The molecule has 2 aromatic carbocycles. The van der Waals surface area contributed by atoms with E-state index in [1.807, 2.05) is 12.1 Å². The quantitative estimate of drug-likeness (QED) is 0.425. The van der Waals surface area contributed by atoms with Gasteiger partial charge in [-0.15, -0.1) is 0 Å². The van der Waals surface area contributed by atoms with Crippen molar-refractivity contribution in [3.05, 3.63) is 57.3 Å². The van der Waals surface area contributed by atoms with Gasteiger partial charge in [0.15, 0.2) is 17.5 Å². The largest absolute Gasteiger partial charge is 0.203 e. The molecule has 0 N–H and O–H groups in total. The van der Waals surface area contributed by atoms with E-state index in [1.165, 1.54) is 0 Å². The average Bonchev–Trinajstić information content (AvgIpc) is 2.73. The lowest BCUT2D eigenvalue weighted by atomic mass is 10.0. The minimum atomic E-state index is -1.42. The predicted octanol–water partition coefficient (Wildman–Crippen LogP) is 4.44. The van der Waals surface area contributed by atoms with Crippen LogP contribution in [0.2, 0.25) is 0 Å². The predicted molar refractivity (Wildman–Crippen MR) is 62.3 cm³/mol. The fourth-order valence-electron chi connectivity index (χ4n) is 2.23. The molecule has 1 aliphatic carbocycles. The van der Waals surface area contributed by atoms with Crippen molar-refractivity contribution in [2.45, 2.75) is 6.42 Å². The first-order valence-electron chi connectivity index (χ1n) is 5.04. The zero-order valence-corrected chi connectivity index (χ0v) is 10.1. The number of halogens is 4. The Morgan fingerprint density at radius 3 is 2.41 bits per heavy atom. The van der Waals surface area contributed by atoms with Crippen LogP contribution in [-0.4, -0.2) is 0 Å². The summed E-state index contributed by atoms with van der Waals surface area (Å²) in [4.78, 5) is 0. The van der Waals surface area contributed by atoms with Gasteiger partial charge in [0.05, 0.1) is 4.47 Å². The minimum absolute atomic E-state index is 0.0163. The van der Waals surface area contributed by atoms with Gasteiger partial charge in [-0.2, -0.15) is 0 Å². The topological polar surface area (TPSA) is 0 Å². The van der Waals surface area contributed by atoms with Crippen LogP contribution < -0.4 is 0 Å². The van der Waals surface area contributed by atoms with Crippen LogP contribution in [0.1, 0.15) is 11.1 Å². The highest BCUT2D eigenvalue weighted by molar-refractivity contribution is 9.10. The van der Waals surface area contributed by atoms with Gasteiger partial charge < -0.3 is 0 Å². The minimum Gasteiger partial charge on any atom is -0.203 e. The maximum atomic E-state index is 13.8. The van der Waals surface area contributed by atoms with Gasteiger partial charge in [-0.25, -0.2) is 13.2 Å². The van der Waals surface area contributed by atoms with E-state index in [0.717, 1.165) is 5.56 Å². The molecule has 0 bridgehead atoms. The standard InChI is InChI=1S/C13H6BrF3/c14-10-8-5-6-3-1-2-4-7(6)9(8)11(15)13(17)12(10)16/h1-4H,5H2. The Hall–Kier alpha value is -1.29. The Kier molecular flexibility index (Phi) is 2.30. The third kappa shape index (κ3) is 1.37. The van der Waals surface area contributed by atoms with Crippen molar-refractivity contribution in [3.8, 4) is 11.1 Å². The molecule has 0 radical (unpaired) electrons. The lowest BCUT2D eigenvalue weighted by Crippen LogP contribution is -1.98. The van der Waals surface area contributed by atoms with Gasteiger partial charge in [0.25, 0.3) is 0 Å². The van der Waals surface area contributed by atoms with Gasteiger partial charge in [-0.3, -0.25) is 0 Å². The second-order valence-electron chi connectivity index (χ2n) is 3.94. The molecule has 0 amide bonds. The number of hydrogen-bond donors (Lipinski definition) is 0. The Morgan fingerprint density at radius 2 is 1.65 bits per heavy atom. The van der Waals surface area contributed by atoms with Crippen molar-refractivity contribution in [2.24, 2.45) is 0 Å². The number of fused-ring (bicyclic) bond motifs is 3. The van der Waals surface area contributed by atoms with Crippen LogP contribution in [-0.2, 0) is 6.42 Å². The van der Waals surface area contributed by atoms with Crippen molar-refractivity contribution in [3.63, 3.8) is 0 Å². The van der Waals surface area contributed by atoms with Gasteiger partial charge in [0, 0.05) is 5.56 Å². The van der Waals surface area contributed by atoms with Crippen molar-refractivity contribution >= 4 is 15.9 Å². The lowest BCUT2D eigenvalue weighted by molar-refractivity contribution is 0.445. The third-order valence-electron chi connectivity index (χ3n) is 3.02. The molecule has 0 fully saturated rings. The summed E-state index contributed by atoms with van der Waals surface area (Å²) >= 11 is 2.99. The van der Waals surface area contributed by atoms with E-state index in [4.69, 9.17) is 0 Å². The van der Waals surface area contributed by atoms with Crippen LogP contribution in [0.15, 0.2) is 28.7 Å². The SMILES string of the molecule is Fc1c(F)c(Br)c2c(c1F)-c1ccccc1C2. The van der Waals surface area contributed by atoms with E-state index < -0.39 is 17.5 Å². The van der Waals surface area contributed by atoms with E-state index in [2.05, 4.69) is 15.9 Å². The summed E-state index contributed by atoms with van der Waals surface area (Å²) in [6, 6.07) is 7.12. The molecule has 0 spiro atoms. The van der Waals surface area contributed by atoms with Gasteiger partial charge in [-0.1, -0.05) is 24.3 Å². The van der Waals surface area contributed by atoms with Crippen molar-refractivity contribution in [2.75, 3.05) is 0 Å². The summed E-state index contributed by atoms with van der Waals surface area (Å²) in [7, 11) is 0. The lowest BCUT2D eigenvalue weighted by Gasteiger charge is -2.07. The summed E-state index contributed by atoms with van der Waals surface area (Å²) in [6.45, 7) is 0. The van der Waals surface area contributed by atoms with Crippen LogP contribution in [0.25, 0.3) is 11.1 Å². The normalized spacial score (nSPS) is 12.5. The Bertz CT molecular complexity index is 635. The van der Waals surface area contributed by atoms with Gasteiger partial charge in [0.2, 0.25) is 0 Å². The maximum absolute atomic E-state index is 13.8. The van der Waals surface area contributed by atoms with Gasteiger partial charge in [0.1, 0.15) is 0 Å². The summed E-state index contributed by atoms with van der Waals surface area (Å²) < 4.78 is 40.6. The number of hydrogen-bond acceptors (Lipinski definition) is 0. The molecule has 0 saturated heterocycles. The van der Waals surface area contributed by atoms with Crippen LogP contribution in [0, 0.1) is 17.5 Å². The molecule has 0 saturated carbocycles. The Balaban J connectivity index is 2.41. The highest BCUT2D eigenvalue weighted by Gasteiger charge is 2.29. The van der Waals surface area contributed by atoms with Crippen molar-refractivity contribution in [1.82, 2.24) is 0 Å². The van der Waals surface area contributed by atoms with E-state index in [1.54, 1.807) is 12.1 Å². The van der Waals surface area contributed by atoms with E-state index in [9.17, 15) is 13.2 Å². The zero-order valence-electron chi connectivity index (χ0n) is 8.53. The van der Waals surface area contributed by atoms with Gasteiger partial charge >= 0.3 is 0 Å². The molecule has 0 unspecified atom stereocenters. The van der Waals surface area contributed by atoms with E-state index in [0.29, 0.717) is 17.5 Å².